The van der Waals surface area contributed by atoms with Crippen molar-refractivity contribution >= 4 is 11.9 Å². The monoisotopic (exact) mass is 231 g/mol. The maximum Gasteiger partial charge on any atom is 0.345 e. The van der Waals surface area contributed by atoms with Gasteiger partial charge in [-0.05, 0) is 19.4 Å². The molecule has 0 spiro atoms. The highest BCUT2D eigenvalue weighted by Gasteiger charge is 2.25. The van der Waals surface area contributed by atoms with Gasteiger partial charge in [0.2, 0.25) is 0 Å². The summed E-state index contributed by atoms with van der Waals surface area (Å²) in [7, 11) is 1.73. The highest BCUT2D eigenvalue weighted by Crippen LogP contribution is 2.11. The molecule has 0 bridgehead atoms. The number of carbonyl (C=O) groups excluding carboxylic acids is 1. The first kappa shape index (κ1) is 14.9. The summed E-state index contributed by atoms with van der Waals surface area (Å²) in [6, 6.07) is 0. The van der Waals surface area contributed by atoms with Gasteiger partial charge in [-0.1, -0.05) is 20.8 Å². The van der Waals surface area contributed by atoms with Gasteiger partial charge in [0.15, 0.2) is 6.10 Å². The molecule has 0 aliphatic rings. The van der Waals surface area contributed by atoms with E-state index in [4.69, 9.17) is 9.84 Å². The molecule has 2 atom stereocenters. The Morgan fingerprint density at radius 3 is 2.25 bits per heavy atom. The maximum atomic E-state index is 11.5. The molecule has 5 nitrogen and oxygen atoms in total. The normalized spacial score (nSPS) is 14.6. The number of esters is 1. The van der Waals surface area contributed by atoms with Gasteiger partial charge in [0.05, 0.1) is 5.92 Å². The van der Waals surface area contributed by atoms with Crippen LogP contribution in [0, 0.1) is 11.8 Å². The lowest BCUT2D eigenvalue weighted by Crippen LogP contribution is -2.33. The Hall–Kier alpha value is -1.10. The van der Waals surface area contributed by atoms with E-state index in [1.54, 1.807) is 14.0 Å². The second-order valence-electron chi connectivity index (χ2n) is 4.35. The zero-order valence-corrected chi connectivity index (χ0v) is 10.3. The van der Waals surface area contributed by atoms with Gasteiger partial charge in [-0.25, -0.2) is 4.79 Å². The zero-order valence-electron chi connectivity index (χ0n) is 10.3. The minimum atomic E-state index is -1.08. The van der Waals surface area contributed by atoms with Crippen molar-refractivity contribution < 1.29 is 19.4 Å². The molecule has 2 N–H and O–H groups in total. The van der Waals surface area contributed by atoms with Crippen LogP contribution >= 0.6 is 0 Å². The van der Waals surface area contributed by atoms with E-state index in [9.17, 15) is 9.59 Å². The molecule has 94 valence electrons. The molecule has 0 saturated carbocycles. The average molecular weight is 231 g/mol. The third-order valence-electron chi connectivity index (χ3n) is 2.13. The van der Waals surface area contributed by atoms with E-state index in [1.165, 1.54) is 0 Å². The summed E-state index contributed by atoms with van der Waals surface area (Å²) < 4.78 is 4.96. The van der Waals surface area contributed by atoms with Crippen LogP contribution in [0.1, 0.15) is 27.2 Å². The van der Waals surface area contributed by atoms with Gasteiger partial charge in [-0.3, -0.25) is 4.79 Å². The van der Waals surface area contributed by atoms with Crippen LogP contribution in [-0.2, 0) is 14.3 Å². The Bertz CT molecular complexity index is 240. The number of rotatable bonds is 7. The molecule has 0 aromatic rings. The lowest BCUT2D eigenvalue weighted by Gasteiger charge is -2.18. The molecule has 0 rings (SSSR count). The Morgan fingerprint density at radius 1 is 1.31 bits per heavy atom. The van der Waals surface area contributed by atoms with Crippen molar-refractivity contribution in [2.45, 2.75) is 33.3 Å². The number of carboxylic acid groups (broad SMARTS) is 1. The van der Waals surface area contributed by atoms with Crippen LogP contribution in [0.4, 0.5) is 0 Å². The fourth-order valence-corrected chi connectivity index (χ4v) is 1.27. The summed E-state index contributed by atoms with van der Waals surface area (Å²) in [5.74, 6) is -1.71. The molecule has 0 aromatic heterocycles. The molecule has 0 heterocycles. The van der Waals surface area contributed by atoms with E-state index in [2.05, 4.69) is 5.32 Å². The minimum absolute atomic E-state index is 0.175. The van der Waals surface area contributed by atoms with Gasteiger partial charge in [0.25, 0.3) is 0 Å². The van der Waals surface area contributed by atoms with E-state index in [-0.39, 0.29) is 11.8 Å². The number of ether oxygens (including phenoxy) is 1. The lowest BCUT2D eigenvalue weighted by atomic mass is 10.1. The number of nitrogens with one attached hydrogen (secondary N) is 1. The summed E-state index contributed by atoms with van der Waals surface area (Å²) in [5.41, 5.74) is 0. The van der Waals surface area contributed by atoms with Gasteiger partial charge in [0, 0.05) is 6.54 Å². The van der Waals surface area contributed by atoms with Gasteiger partial charge in [-0.15, -0.1) is 0 Å². The van der Waals surface area contributed by atoms with Gasteiger partial charge < -0.3 is 15.2 Å². The average Bonchev–Trinajstić information content (AvgIpc) is 2.16. The second-order valence-corrected chi connectivity index (χ2v) is 4.35. The van der Waals surface area contributed by atoms with Crippen molar-refractivity contribution in [1.82, 2.24) is 5.32 Å². The second kappa shape index (κ2) is 7.22. The molecule has 0 aromatic carbocycles. The predicted octanol–water partition coefficient (Wildman–Crippen LogP) is 0.884. The highest BCUT2D eigenvalue weighted by molar-refractivity contribution is 5.79. The number of carboxylic acids is 1. The van der Waals surface area contributed by atoms with Crippen molar-refractivity contribution in [2.75, 3.05) is 13.6 Å². The standard InChI is InChI=1S/C11H21NO4/c1-7(2)5-9(10(13)14)16-11(15)8(3)6-12-4/h7-9,12H,5-6H2,1-4H3,(H,13,14)/t8?,9-/m0/s1. The summed E-state index contributed by atoms with van der Waals surface area (Å²) >= 11 is 0. The smallest absolute Gasteiger partial charge is 0.345 e. The van der Waals surface area contributed by atoms with Gasteiger partial charge in [-0.2, -0.15) is 0 Å². The van der Waals surface area contributed by atoms with Crippen molar-refractivity contribution in [3.8, 4) is 0 Å². The van der Waals surface area contributed by atoms with E-state index >= 15 is 0 Å². The molecular weight excluding hydrogens is 210 g/mol. The fourth-order valence-electron chi connectivity index (χ4n) is 1.27. The molecule has 0 saturated heterocycles. The van der Waals surface area contributed by atoms with Crippen molar-refractivity contribution in [3.05, 3.63) is 0 Å². The van der Waals surface area contributed by atoms with Crippen LogP contribution in [0.3, 0.4) is 0 Å². The van der Waals surface area contributed by atoms with Crippen molar-refractivity contribution in [1.29, 1.82) is 0 Å². The maximum absolute atomic E-state index is 11.5. The third-order valence-corrected chi connectivity index (χ3v) is 2.13. The minimum Gasteiger partial charge on any atom is -0.479 e. The van der Waals surface area contributed by atoms with Crippen molar-refractivity contribution in [3.63, 3.8) is 0 Å². The first-order chi connectivity index (χ1) is 7.38. The molecule has 5 heteroatoms. The third kappa shape index (κ3) is 5.70. The Balaban J connectivity index is 4.28. The van der Waals surface area contributed by atoms with Crippen LogP contribution in [0.15, 0.2) is 0 Å². The first-order valence-electron chi connectivity index (χ1n) is 5.46. The molecule has 0 aliphatic heterocycles. The van der Waals surface area contributed by atoms with Crippen LogP contribution < -0.4 is 5.32 Å². The largest absolute Gasteiger partial charge is 0.479 e. The number of hydrogen-bond donors (Lipinski definition) is 2. The quantitative estimate of drug-likeness (QED) is 0.636. The van der Waals surface area contributed by atoms with Crippen molar-refractivity contribution in [2.24, 2.45) is 11.8 Å². The Morgan fingerprint density at radius 2 is 1.88 bits per heavy atom. The van der Waals surface area contributed by atoms with E-state index in [0.717, 1.165) is 0 Å². The molecule has 0 fully saturated rings. The fraction of sp³-hybridized carbons (Fsp3) is 0.818. The topological polar surface area (TPSA) is 75.6 Å². The summed E-state index contributed by atoms with van der Waals surface area (Å²) in [6.07, 6.45) is -0.695. The first-order valence-corrected chi connectivity index (χ1v) is 5.46. The number of hydrogen-bond acceptors (Lipinski definition) is 4. The molecule has 0 amide bonds. The zero-order chi connectivity index (χ0) is 12.7. The number of aliphatic carboxylic acids is 1. The summed E-state index contributed by atoms with van der Waals surface area (Å²) in [4.78, 5) is 22.4. The lowest BCUT2D eigenvalue weighted by molar-refractivity contribution is -0.167. The Labute approximate surface area is 96.2 Å². The molecule has 1 unspecified atom stereocenters. The Kier molecular flexibility index (Phi) is 6.72. The SMILES string of the molecule is CNCC(C)C(=O)O[C@@H](CC(C)C)C(=O)O. The van der Waals surface area contributed by atoms with Gasteiger partial charge in [0.1, 0.15) is 0 Å². The van der Waals surface area contributed by atoms with Crippen LogP contribution in [-0.4, -0.2) is 36.7 Å². The van der Waals surface area contributed by atoms with Crippen LogP contribution in [0.25, 0.3) is 0 Å². The summed E-state index contributed by atoms with van der Waals surface area (Å²) in [6.45, 7) is 5.96. The van der Waals surface area contributed by atoms with E-state index < -0.39 is 18.0 Å². The van der Waals surface area contributed by atoms with E-state index in [0.29, 0.717) is 13.0 Å². The van der Waals surface area contributed by atoms with Gasteiger partial charge >= 0.3 is 11.9 Å². The molecule has 0 radical (unpaired) electrons. The molecule has 16 heavy (non-hydrogen) atoms. The number of carbonyl (C=O) groups is 2. The predicted molar refractivity (Wildman–Crippen MR) is 60.1 cm³/mol. The van der Waals surface area contributed by atoms with Crippen LogP contribution in [0.2, 0.25) is 0 Å². The highest BCUT2D eigenvalue weighted by atomic mass is 16.6. The van der Waals surface area contributed by atoms with E-state index in [1.807, 2.05) is 13.8 Å². The molecule has 0 aliphatic carbocycles. The van der Waals surface area contributed by atoms with Crippen LogP contribution in [0.5, 0.6) is 0 Å². The molecular formula is C11H21NO4. The summed E-state index contributed by atoms with van der Waals surface area (Å²) in [5, 5.41) is 11.7.